The summed E-state index contributed by atoms with van der Waals surface area (Å²) in [5, 5.41) is 0. The molecule has 0 aromatic carbocycles. The maximum absolute atomic E-state index is 12.4. The Morgan fingerprint density at radius 2 is 2.00 bits per heavy atom. The third-order valence-electron chi connectivity index (χ3n) is 4.23. The summed E-state index contributed by atoms with van der Waals surface area (Å²) in [5.41, 5.74) is 1.17. The molecule has 1 aliphatic heterocycles. The van der Waals surface area contributed by atoms with Crippen molar-refractivity contribution in [3.05, 3.63) is 54.1 Å². The number of amides is 1. The first-order chi connectivity index (χ1) is 11.2. The Morgan fingerprint density at radius 1 is 1.22 bits per heavy atom. The normalized spacial score (nSPS) is 15.4. The van der Waals surface area contributed by atoms with Gasteiger partial charge in [-0.05, 0) is 37.1 Å². The molecular weight excluding hydrogens is 294 g/mol. The molecule has 2 aromatic rings. The van der Waals surface area contributed by atoms with Gasteiger partial charge in [0.15, 0.2) is 0 Å². The Hall–Kier alpha value is -2.63. The van der Waals surface area contributed by atoms with Gasteiger partial charge in [-0.2, -0.15) is 0 Å². The number of aromatic nitrogens is 2. The molecule has 0 atom stereocenters. The fourth-order valence-electron chi connectivity index (χ4n) is 3.01. The first kappa shape index (κ1) is 15.3. The van der Waals surface area contributed by atoms with Crippen LogP contribution in [0.3, 0.4) is 0 Å². The van der Waals surface area contributed by atoms with Crippen LogP contribution in [-0.4, -0.2) is 46.5 Å². The van der Waals surface area contributed by atoms with Gasteiger partial charge in [0.25, 0.3) is 5.91 Å². The molecule has 0 spiro atoms. The van der Waals surface area contributed by atoms with Crippen molar-refractivity contribution in [3.8, 4) is 0 Å². The second-order valence-electron chi connectivity index (χ2n) is 5.56. The van der Waals surface area contributed by atoms with E-state index < -0.39 is 0 Å². The van der Waals surface area contributed by atoms with Crippen LogP contribution in [0.25, 0.3) is 0 Å². The van der Waals surface area contributed by atoms with E-state index in [4.69, 9.17) is 4.74 Å². The van der Waals surface area contributed by atoms with E-state index in [9.17, 15) is 9.59 Å². The van der Waals surface area contributed by atoms with Crippen molar-refractivity contribution < 1.29 is 14.3 Å². The maximum Gasteiger partial charge on any atom is 0.354 e. The lowest BCUT2D eigenvalue weighted by Crippen LogP contribution is -2.39. The van der Waals surface area contributed by atoms with Crippen LogP contribution in [0.1, 0.15) is 39.7 Å². The third kappa shape index (κ3) is 3.11. The van der Waals surface area contributed by atoms with Gasteiger partial charge in [0, 0.05) is 37.7 Å². The second kappa shape index (κ2) is 6.64. The van der Waals surface area contributed by atoms with Crippen molar-refractivity contribution in [1.82, 2.24) is 14.5 Å². The van der Waals surface area contributed by atoms with Crippen molar-refractivity contribution in [2.45, 2.75) is 18.9 Å². The van der Waals surface area contributed by atoms with Crippen LogP contribution >= 0.6 is 0 Å². The molecule has 0 saturated carbocycles. The zero-order valence-electron chi connectivity index (χ0n) is 13.0. The number of hydrogen-bond acceptors (Lipinski definition) is 4. The minimum atomic E-state index is -0.330. The molecule has 120 valence electrons. The number of ether oxygens (including phenoxy) is 1. The van der Waals surface area contributed by atoms with Crippen LogP contribution in [0.2, 0.25) is 0 Å². The predicted octanol–water partition coefficient (Wildman–Crippen LogP) is 2.15. The number of esters is 1. The number of carbonyl (C=O) groups is 2. The SMILES string of the molecule is COC(=O)c1cccn1C1CCN(C(=O)c2cccnc2)CC1. The van der Waals surface area contributed by atoms with Crippen molar-refractivity contribution in [1.29, 1.82) is 0 Å². The summed E-state index contributed by atoms with van der Waals surface area (Å²) in [5.74, 6) is -0.318. The van der Waals surface area contributed by atoms with Crippen LogP contribution in [0.15, 0.2) is 42.9 Å². The van der Waals surface area contributed by atoms with E-state index >= 15 is 0 Å². The first-order valence-corrected chi connectivity index (χ1v) is 7.65. The highest BCUT2D eigenvalue weighted by Crippen LogP contribution is 2.25. The van der Waals surface area contributed by atoms with E-state index in [1.165, 1.54) is 7.11 Å². The van der Waals surface area contributed by atoms with Gasteiger partial charge < -0.3 is 14.2 Å². The summed E-state index contributed by atoms with van der Waals surface area (Å²) in [6.45, 7) is 1.33. The molecular formula is C17H19N3O3. The van der Waals surface area contributed by atoms with Gasteiger partial charge >= 0.3 is 5.97 Å². The first-order valence-electron chi connectivity index (χ1n) is 7.65. The zero-order valence-corrected chi connectivity index (χ0v) is 13.0. The van der Waals surface area contributed by atoms with Gasteiger partial charge in [0.2, 0.25) is 0 Å². The lowest BCUT2D eigenvalue weighted by molar-refractivity contribution is 0.0573. The van der Waals surface area contributed by atoms with Crippen LogP contribution in [0.5, 0.6) is 0 Å². The lowest BCUT2D eigenvalue weighted by atomic mass is 10.0. The minimum Gasteiger partial charge on any atom is -0.464 e. The Bertz CT molecular complexity index is 688. The summed E-state index contributed by atoms with van der Waals surface area (Å²) < 4.78 is 6.77. The van der Waals surface area contributed by atoms with E-state index in [-0.39, 0.29) is 17.9 Å². The molecule has 1 saturated heterocycles. The molecule has 6 nitrogen and oxygen atoms in total. The number of carbonyl (C=O) groups excluding carboxylic acids is 2. The van der Waals surface area contributed by atoms with E-state index in [1.54, 1.807) is 30.6 Å². The number of piperidine rings is 1. The molecule has 3 rings (SSSR count). The largest absolute Gasteiger partial charge is 0.464 e. The Labute approximate surface area is 134 Å². The van der Waals surface area contributed by atoms with Gasteiger partial charge in [-0.1, -0.05) is 0 Å². The molecule has 1 aliphatic rings. The van der Waals surface area contributed by atoms with Gasteiger partial charge in [0.05, 0.1) is 12.7 Å². The van der Waals surface area contributed by atoms with Crippen LogP contribution in [0, 0.1) is 0 Å². The van der Waals surface area contributed by atoms with Gasteiger partial charge in [-0.15, -0.1) is 0 Å². The number of hydrogen-bond donors (Lipinski definition) is 0. The molecule has 2 aromatic heterocycles. The predicted molar refractivity (Wildman–Crippen MR) is 84.2 cm³/mol. The quantitative estimate of drug-likeness (QED) is 0.815. The topological polar surface area (TPSA) is 64.4 Å². The van der Waals surface area contributed by atoms with E-state index in [0.29, 0.717) is 24.3 Å². The standard InChI is InChI=1S/C17H19N3O3/c1-23-17(22)15-5-3-9-20(15)14-6-10-19(11-7-14)16(21)13-4-2-8-18-12-13/h2-5,8-9,12,14H,6-7,10-11H2,1H3. The lowest BCUT2D eigenvalue weighted by Gasteiger charge is -2.33. The molecule has 3 heterocycles. The molecule has 1 amide bonds. The number of methoxy groups -OCH3 is 1. The van der Waals surface area contributed by atoms with Crippen LogP contribution in [0.4, 0.5) is 0 Å². The average Bonchev–Trinajstić information content (AvgIpc) is 3.11. The molecule has 0 bridgehead atoms. The second-order valence-corrected chi connectivity index (χ2v) is 5.56. The molecule has 1 fully saturated rings. The van der Waals surface area contributed by atoms with Crippen molar-refractivity contribution in [3.63, 3.8) is 0 Å². The summed E-state index contributed by atoms with van der Waals surface area (Å²) in [7, 11) is 1.38. The minimum absolute atomic E-state index is 0.0113. The van der Waals surface area contributed by atoms with Crippen molar-refractivity contribution in [2.75, 3.05) is 20.2 Å². The summed E-state index contributed by atoms with van der Waals surface area (Å²) in [6.07, 6.45) is 6.77. The molecule has 0 N–H and O–H groups in total. The molecule has 6 heteroatoms. The maximum atomic E-state index is 12.4. The Kier molecular flexibility index (Phi) is 4.41. The van der Waals surface area contributed by atoms with Gasteiger partial charge in [-0.3, -0.25) is 9.78 Å². The summed E-state index contributed by atoms with van der Waals surface area (Å²) >= 11 is 0. The van der Waals surface area contributed by atoms with Gasteiger partial charge in [-0.25, -0.2) is 4.79 Å². The summed E-state index contributed by atoms with van der Waals surface area (Å²) in [4.78, 5) is 30.0. The number of pyridine rings is 1. The highest BCUT2D eigenvalue weighted by atomic mass is 16.5. The zero-order chi connectivity index (χ0) is 16.2. The van der Waals surface area contributed by atoms with Crippen LogP contribution < -0.4 is 0 Å². The Morgan fingerprint density at radius 3 is 2.65 bits per heavy atom. The molecule has 0 radical (unpaired) electrons. The van der Waals surface area contributed by atoms with E-state index in [1.807, 2.05) is 21.7 Å². The molecule has 0 unspecified atom stereocenters. The van der Waals surface area contributed by atoms with Crippen molar-refractivity contribution >= 4 is 11.9 Å². The highest BCUT2D eigenvalue weighted by molar-refractivity contribution is 5.94. The number of rotatable bonds is 3. The van der Waals surface area contributed by atoms with E-state index in [0.717, 1.165) is 12.8 Å². The number of likely N-dealkylation sites (tertiary alicyclic amines) is 1. The van der Waals surface area contributed by atoms with Crippen molar-refractivity contribution in [2.24, 2.45) is 0 Å². The molecule has 23 heavy (non-hydrogen) atoms. The van der Waals surface area contributed by atoms with E-state index in [2.05, 4.69) is 4.98 Å². The Balaban J connectivity index is 1.66. The number of nitrogens with zero attached hydrogens (tertiary/aromatic N) is 3. The smallest absolute Gasteiger partial charge is 0.354 e. The average molecular weight is 313 g/mol. The molecule has 0 aliphatic carbocycles. The van der Waals surface area contributed by atoms with Crippen LogP contribution in [-0.2, 0) is 4.74 Å². The fraction of sp³-hybridized carbons (Fsp3) is 0.353. The fourth-order valence-corrected chi connectivity index (χ4v) is 3.01. The summed E-state index contributed by atoms with van der Waals surface area (Å²) in [6, 6.07) is 7.36. The van der Waals surface area contributed by atoms with Gasteiger partial charge in [0.1, 0.15) is 5.69 Å². The third-order valence-corrected chi connectivity index (χ3v) is 4.23. The monoisotopic (exact) mass is 313 g/mol. The highest BCUT2D eigenvalue weighted by Gasteiger charge is 2.26.